The maximum Gasteiger partial charge on any atom is 0.224 e. The lowest BCUT2D eigenvalue weighted by atomic mass is 10.1. The molecule has 0 aromatic carbocycles. The van der Waals surface area contributed by atoms with Gasteiger partial charge < -0.3 is 15.4 Å². The quantitative estimate of drug-likeness (QED) is 0.498. The van der Waals surface area contributed by atoms with E-state index < -0.39 is 0 Å². The molecular formula is C12H24N2O3. The summed E-state index contributed by atoms with van der Waals surface area (Å²) in [6.07, 6.45) is 1.60. The van der Waals surface area contributed by atoms with Gasteiger partial charge in [-0.05, 0) is 12.8 Å². The van der Waals surface area contributed by atoms with E-state index in [9.17, 15) is 9.59 Å². The molecule has 0 bridgehead atoms. The maximum absolute atomic E-state index is 11.3. The first-order valence-electron chi connectivity index (χ1n) is 6.16. The van der Waals surface area contributed by atoms with E-state index in [4.69, 9.17) is 4.74 Å². The van der Waals surface area contributed by atoms with E-state index in [2.05, 4.69) is 10.6 Å². The minimum Gasteiger partial charge on any atom is -0.341 e. The topological polar surface area (TPSA) is 67.4 Å². The van der Waals surface area contributed by atoms with Crippen molar-refractivity contribution in [2.75, 3.05) is 13.5 Å². The van der Waals surface area contributed by atoms with Gasteiger partial charge in [0.25, 0.3) is 0 Å². The van der Waals surface area contributed by atoms with Gasteiger partial charge in [0.1, 0.15) is 13.5 Å². The Kier molecular flexibility index (Phi) is 8.40. The van der Waals surface area contributed by atoms with Crippen molar-refractivity contribution in [3.8, 4) is 0 Å². The number of ether oxygens (including phenoxy) is 1. The van der Waals surface area contributed by atoms with Gasteiger partial charge in [0.15, 0.2) is 0 Å². The van der Waals surface area contributed by atoms with Gasteiger partial charge in [-0.2, -0.15) is 0 Å². The first-order chi connectivity index (χ1) is 8.02. The number of carbonyl (C=O) groups excluding carboxylic acids is 2. The van der Waals surface area contributed by atoms with Crippen molar-refractivity contribution in [1.82, 2.24) is 10.6 Å². The number of hydrogen-bond acceptors (Lipinski definition) is 3. The molecule has 0 spiro atoms. The summed E-state index contributed by atoms with van der Waals surface area (Å²) in [7, 11) is 0. The fourth-order valence-corrected chi connectivity index (χ4v) is 1.01. The SMILES string of the molecule is CCC(C)C(=O)NCOCNC(=O)C(C)CC. The second kappa shape index (κ2) is 8.98. The van der Waals surface area contributed by atoms with Crippen LogP contribution in [0.5, 0.6) is 0 Å². The molecule has 5 nitrogen and oxygen atoms in total. The summed E-state index contributed by atoms with van der Waals surface area (Å²) in [6.45, 7) is 7.89. The van der Waals surface area contributed by atoms with Crippen molar-refractivity contribution >= 4 is 11.8 Å². The second-order valence-electron chi connectivity index (χ2n) is 4.19. The Morgan fingerprint density at radius 3 is 1.59 bits per heavy atom. The molecule has 0 aromatic heterocycles. The monoisotopic (exact) mass is 244 g/mol. The van der Waals surface area contributed by atoms with E-state index in [1.54, 1.807) is 0 Å². The van der Waals surface area contributed by atoms with Crippen LogP contribution in [0.15, 0.2) is 0 Å². The summed E-state index contributed by atoms with van der Waals surface area (Å²) in [5, 5.41) is 5.28. The highest BCUT2D eigenvalue weighted by atomic mass is 16.5. The van der Waals surface area contributed by atoms with Gasteiger partial charge in [-0.15, -0.1) is 0 Å². The molecule has 2 amide bonds. The van der Waals surface area contributed by atoms with Gasteiger partial charge in [0.2, 0.25) is 11.8 Å². The highest BCUT2D eigenvalue weighted by Gasteiger charge is 2.10. The molecule has 0 aliphatic heterocycles. The van der Waals surface area contributed by atoms with E-state index in [-0.39, 0.29) is 37.1 Å². The van der Waals surface area contributed by atoms with Crippen LogP contribution in [0.25, 0.3) is 0 Å². The van der Waals surface area contributed by atoms with Gasteiger partial charge in [-0.1, -0.05) is 27.7 Å². The molecule has 2 N–H and O–H groups in total. The van der Waals surface area contributed by atoms with Crippen molar-refractivity contribution in [2.24, 2.45) is 11.8 Å². The van der Waals surface area contributed by atoms with Crippen molar-refractivity contribution in [2.45, 2.75) is 40.5 Å². The molecule has 0 aromatic rings. The highest BCUT2D eigenvalue weighted by molar-refractivity contribution is 5.78. The maximum atomic E-state index is 11.3. The number of hydrogen-bond donors (Lipinski definition) is 2. The first-order valence-corrected chi connectivity index (χ1v) is 6.16. The molecule has 0 saturated carbocycles. The van der Waals surface area contributed by atoms with Crippen LogP contribution in [0.1, 0.15) is 40.5 Å². The van der Waals surface area contributed by atoms with Crippen LogP contribution in [-0.2, 0) is 14.3 Å². The number of amides is 2. The van der Waals surface area contributed by atoms with Crippen molar-refractivity contribution < 1.29 is 14.3 Å². The van der Waals surface area contributed by atoms with Crippen LogP contribution >= 0.6 is 0 Å². The van der Waals surface area contributed by atoms with Crippen molar-refractivity contribution in [1.29, 1.82) is 0 Å². The Morgan fingerprint density at radius 2 is 1.29 bits per heavy atom. The Labute approximate surface area is 103 Å². The van der Waals surface area contributed by atoms with E-state index in [0.717, 1.165) is 12.8 Å². The van der Waals surface area contributed by atoms with E-state index in [1.807, 2.05) is 27.7 Å². The minimum atomic E-state index is -0.0271. The predicted octanol–water partition coefficient (Wildman–Crippen LogP) is 1.24. The van der Waals surface area contributed by atoms with Gasteiger partial charge >= 0.3 is 0 Å². The van der Waals surface area contributed by atoms with Crippen LogP contribution in [0, 0.1) is 11.8 Å². The van der Waals surface area contributed by atoms with Crippen molar-refractivity contribution in [3.05, 3.63) is 0 Å². The lowest BCUT2D eigenvalue weighted by Gasteiger charge is -2.12. The molecule has 0 rings (SSSR count). The van der Waals surface area contributed by atoms with E-state index in [0.29, 0.717) is 0 Å². The Morgan fingerprint density at radius 1 is 0.941 bits per heavy atom. The average Bonchev–Trinajstić information content (AvgIpc) is 2.35. The Hall–Kier alpha value is -1.10. The minimum absolute atomic E-state index is 0.00620. The predicted molar refractivity (Wildman–Crippen MR) is 66.0 cm³/mol. The summed E-state index contributed by atoms with van der Waals surface area (Å²) in [5.74, 6) is -0.0666. The third-order valence-corrected chi connectivity index (χ3v) is 2.82. The van der Waals surface area contributed by atoms with Crippen molar-refractivity contribution in [3.63, 3.8) is 0 Å². The molecule has 17 heavy (non-hydrogen) atoms. The lowest BCUT2D eigenvalue weighted by Crippen LogP contribution is -2.35. The number of carbonyl (C=O) groups is 2. The van der Waals surface area contributed by atoms with Crippen LogP contribution in [0.2, 0.25) is 0 Å². The number of rotatable bonds is 8. The summed E-state index contributed by atoms with van der Waals surface area (Å²) in [4.78, 5) is 22.7. The Balaban J connectivity index is 3.53. The van der Waals surface area contributed by atoms with Crippen LogP contribution < -0.4 is 10.6 Å². The Bertz CT molecular complexity index is 220. The van der Waals surface area contributed by atoms with Crippen LogP contribution in [0.3, 0.4) is 0 Å². The molecule has 0 aliphatic rings. The second-order valence-corrected chi connectivity index (χ2v) is 4.19. The molecule has 0 aliphatic carbocycles. The third-order valence-electron chi connectivity index (χ3n) is 2.82. The zero-order valence-electron chi connectivity index (χ0n) is 11.2. The summed E-state index contributed by atoms with van der Waals surface area (Å²) in [5.41, 5.74) is 0. The molecular weight excluding hydrogens is 220 g/mol. The molecule has 0 radical (unpaired) electrons. The molecule has 2 atom stereocenters. The fraction of sp³-hybridized carbons (Fsp3) is 0.833. The largest absolute Gasteiger partial charge is 0.341 e. The van der Waals surface area contributed by atoms with Crippen LogP contribution in [0.4, 0.5) is 0 Å². The normalized spacial score (nSPS) is 13.9. The zero-order chi connectivity index (χ0) is 13.3. The first kappa shape index (κ1) is 15.9. The van der Waals surface area contributed by atoms with Gasteiger partial charge in [0.05, 0.1) is 0 Å². The average molecular weight is 244 g/mol. The summed E-state index contributed by atoms with van der Waals surface area (Å²) in [6, 6.07) is 0. The summed E-state index contributed by atoms with van der Waals surface area (Å²) >= 11 is 0. The fourth-order valence-electron chi connectivity index (χ4n) is 1.01. The highest BCUT2D eigenvalue weighted by Crippen LogP contribution is 2.00. The van der Waals surface area contributed by atoms with E-state index >= 15 is 0 Å². The van der Waals surface area contributed by atoms with Gasteiger partial charge in [-0.3, -0.25) is 9.59 Å². The van der Waals surface area contributed by atoms with Gasteiger partial charge in [0, 0.05) is 11.8 Å². The van der Waals surface area contributed by atoms with E-state index in [1.165, 1.54) is 0 Å². The molecule has 0 fully saturated rings. The molecule has 0 heterocycles. The lowest BCUT2D eigenvalue weighted by molar-refractivity contribution is -0.127. The molecule has 2 unspecified atom stereocenters. The molecule has 0 saturated heterocycles. The van der Waals surface area contributed by atoms with Crippen LogP contribution in [-0.4, -0.2) is 25.3 Å². The molecule has 100 valence electrons. The zero-order valence-corrected chi connectivity index (χ0v) is 11.2. The molecule has 5 heteroatoms. The van der Waals surface area contributed by atoms with Gasteiger partial charge in [-0.25, -0.2) is 0 Å². The smallest absolute Gasteiger partial charge is 0.224 e. The standard InChI is InChI=1S/C12H24N2O3/c1-5-9(3)11(15)13-7-17-8-14-12(16)10(4)6-2/h9-10H,5-8H2,1-4H3,(H,13,15)(H,14,16). The summed E-state index contributed by atoms with van der Waals surface area (Å²) < 4.78 is 5.10. The number of nitrogens with one attached hydrogen (secondary N) is 2. The third kappa shape index (κ3) is 6.94.